The lowest BCUT2D eigenvalue weighted by atomic mass is 10.1. The van der Waals surface area contributed by atoms with E-state index in [1.54, 1.807) is 0 Å². The summed E-state index contributed by atoms with van der Waals surface area (Å²) in [6.45, 7) is 8.94. The molecule has 0 aromatic heterocycles. The summed E-state index contributed by atoms with van der Waals surface area (Å²) in [5, 5.41) is 0. The van der Waals surface area contributed by atoms with Crippen LogP contribution in [0.2, 0.25) is 0 Å². The summed E-state index contributed by atoms with van der Waals surface area (Å²) in [6.07, 6.45) is 4.49. The molecule has 0 unspecified atom stereocenters. The molecule has 7 heteroatoms. The third kappa shape index (κ3) is 4.29. The molecule has 0 bridgehead atoms. The Morgan fingerprint density at radius 2 is 1.26 bits per heavy atom. The van der Waals surface area contributed by atoms with Crippen molar-refractivity contribution in [1.82, 2.24) is 14.1 Å². The topological polar surface area (TPSA) is 60.9 Å². The minimum Gasteiger partial charge on any atom is -0.325 e. The lowest BCUT2D eigenvalue weighted by molar-refractivity contribution is 0.135. The van der Waals surface area contributed by atoms with E-state index in [-0.39, 0.29) is 6.03 Å². The van der Waals surface area contributed by atoms with Crippen LogP contribution in [-0.2, 0) is 10.0 Å². The molecular formula is C20H31N3O3S. The zero-order valence-electron chi connectivity index (χ0n) is 16.7. The first-order chi connectivity index (χ1) is 12.8. The first kappa shape index (κ1) is 20.1. The summed E-state index contributed by atoms with van der Waals surface area (Å²) < 4.78 is 27.9. The summed E-state index contributed by atoms with van der Waals surface area (Å²) in [6, 6.07) is 3.90. The average Bonchev–Trinajstić information content (AvgIpc) is 2.89. The molecule has 2 saturated heterocycles. The van der Waals surface area contributed by atoms with E-state index in [0.717, 1.165) is 42.6 Å². The van der Waals surface area contributed by atoms with Gasteiger partial charge < -0.3 is 9.80 Å². The van der Waals surface area contributed by atoms with Gasteiger partial charge in [0, 0.05) is 39.3 Å². The van der Waals surface area contributed by atoms with E-state index in [1.807, 2.05) is 42.7 Å². The SMILES string of the molecule is Cc1cc(C)c(S(=O)(=O)N2CCN(C(=O)N3CCCCCC3)CC2)c(C)c1. The van der Waals surface area contributed by atoms with Crippen molar-refractivity contribution in [1.29, 1.82) is 0 Å². The van der Waals surface area contributed by atoms with Gasteiger partial charge in [0.05, 0.1) is 4.90 Å². The Balaban J connectivity index is 1.69. The molecule has 1 aromatic rings. The predicted molar refractivity (Wildman–Crippen MR) is 106 cm³/mol. The maximum absolute atomic E-state index is 13.2. The van der Waals surface area contributed by atoms with E-state index in [4.69, 9.17) is 0 Å². The van der Waals surface area contributed by atoms with E-state index < -0.39 is 10.0 Å². The number of benzene rings is 1. The first-order valence-corrected chi connectivity index (χ1v) is 11.4. The fraction of sp³-hybridized carbons (Fsp3) is 0.650. The zero-order valence-corrected chi connectivity index (χ0v) is 17.5. The Morgan fingerprint density at radius 1 is 0.778 bits per heavy atom. The normalized spacial score (nSPS) is 19.8. The minimum absolute atomic E-state index is 0.0663. The van der Waals surface area contributed by atoms with Crippen molar-refractivity contribution in [3.63, 3.8) is 0 Å². The van der Waals surface area contributed by atoms with E-state index >= 15 is 0 Å². The summed E-state index contributed by atoms with van der Waals surface area (Å²) in [7, 11) is -3.54. The molecule has 150 valence electrons. The van der Waals surface area contributed by atoms with Crippen LogP contribution in [0.1, 0.15) is 42.4 Å². The summed E-state index contributed by atoms with van der Waals surface area (Å²) in [4.78, 5) is 16.9. The van der Waals surface area contributed by atoms with Crippen molar-refractivity contribution >= 4 is 16.1 Å². The number of sulfonamides is 1. The molecule has 0 atom stereocenters. The maximum atomic E-state index is 13.2. The van der Waals surface area contributed by atoms with Gasteiger partial charge in [-0.25, -0.2) is 13.2 Å². The Hall–Kier alpha value is -1.60. The van der Waals surface area contributed by atoms with Crippen LogP contribution in [0.5, 0.6) is 0 Å². The van der Waals surface area contributed by atoms with E-state index in [1.165, 1.54) is 17.1 Å². The van der Waals surface area contributed by atoms with Gasteiger partial charge in [-0.3, -0.25) is 0 Å². The summed E-state index contributed by atoms with van der Waals surface area (Å²) in [5.74, 6) is 0. The highest BCUT2D eigenvalue weighted by Gasteiger charge is 2.33. The molecule has 2 heterocycles. The third-order valence-electron chi connectivity index (χ3n) is 5.59. The molecule has 2 amide bonds. The molecule has 0 saturated carbocycles. The second-order valence-corrected chi connectivity index (χ2v) is 9.68. The van der Waals surface area contributed by atoms with Gasteiger partial charge in [0.15, 0.2) is 0 Å². The highest BCUT2D eigenvalue weighted by atomic mass is 32.2. The van der Waals surface area contributed by atoms with Crippen LogP contribution in [0, 0.1) is 20.8 Å². The number of urea groups is 1. The number of rotatable bonds is 2. The standard InChI is InChI=1S/C20H31N3O3S/c1-16-14-17(2)19(18(3)15-16)27(25,26)23-12-10-22(11-13-23)20(24)21-8-6-4-5-7-9-21/h14-15H,4-13H2,1-3H3. The molecule has 3 rings (SSSR count). The quantitative estimate of drug-likeness (QED) is 0.776. The lowest BCUT2D eigenvalue weighted by Gasteiger charge is -2.37. The number of likely N-dealkylation sites (tertiary alicyclic amines) is 1. The molecule has 6 nitrogen and oxygen atoms in total. The molecule has 2 aliphatic heterocycles. The van der Waals surface area contributed by atoms with Crippen molar-refractivity contribution in [2.75, 3.05) is 39.3 Å². The van der Waals surface area contributed by atoms with E-state index in [2.05, 4.69) is 0 Å². The Labute approximate surface area is 163 Å². The van der Waals surface area contributed by atoms with Gasteiger partial charge in [-0.1, -0.05) is 30.5 Å². The van der Waals surface area contributed by atoms with Crippen LogP contribution in [0.4, 0.5) is 4.79 Å². The fourth-order valence-corrected chi connectivity index (χ4v) is 6.12. The van der Waals surface area contributed by atoms with Crippen LogP contribution in [0.25, 0.3) is 0 Å². The summed E-state index contributed by atoms with van der Waals surface area (Å²) >= 11 is 0. The fourth-order valence-electron chi connectivity index (χ4n) is 4.28. The Morgan fingerprint density at radius 3 is 1.78 bits per heavy atom. The van der Waals surface area contributed by atoms with Gasteiger partial charge >= 0.3 is 6.03 Å². The van der Waals surface area contributed by atoms with Crippen molar-refractivity contribution in [2.45, 2.75) is 51.3 Å². The number of aryl methyl sites for hydroxylation is 3. The molecule has 2 fully saturated rings. The molecule has 2 aliphatic rings. The third-order valence-corrected chi connectivity index (χ3v) is 7.79. The molecule has 27 heavy (non-hydrogen) atoms. The van der Waals surface area contributed by atoms with Crippen LogP contribution in [-0.4, -0.2) is 67.8 Å². The second-order valence-electron chi connectivity index (χ2n) is 7.80. The smallest absolute Gasteiger partial charge is 0.320 e. The number of amides is 2. The van der Waals surface area contributed by atoms with E-state index in [0.29, 0.717) is 31.1 Å². The largest absolute Gasteiger partial charge is 0.325 e. The Kier molecular flexibility index (Phi) is 6.11. The molecule has 0 aliphatic carbocycles. The minimum atomic E-state index is -3.54. The van der Waals surface area contributed by atoms with Gasteiger partial charge in [-0.15, -0.1) is 0 Å². The van der Waals surface area contributed by atoms with Gasteiger partial charge in [0.2, 0.25) is 10.0 Å². The Bertz CT molecular complexity index is 768. The number of carbonyl (C=O) groups excluding carboxylic acids is 1. The molecule has 0 radical (unpaired) electrons. The van der Waals surface area contributed by atoms with Crippen LogP contribution in [0.3, 0.4) is 0 Å². The van der Waals surface area contributed by atoms with Crippen LogP contribution in [0.15, 0.2) is 17.0 Å². The maximum Gasteiger partial charge on any atom is 0.320 e. The highest BCUT2D eigenvalue weighted by Crippen LogP contribution is 2.26. The van der Waals surface area contributed by atoms with Crippen molar-refractivity contribution in [2.24, 2.45) is 0 Å². The number of piperazine rings is 1. The van der Waals surface area contributed by atoms with Crippen LogP contribution < -0.4 is 0 Å². The molecule has 0 N–H and O–H groups in total. The second kappa shape index (κ2) is 8.19. The van der Waals surface area contributed by atoms with Gasteiger partial charge in [0.1, 0.15) is 0 Å². The number of hydrogen-bond donors (Lipinski definition) is 0. The summed E-state index contributed by atoms with van der Waals surface area (Å²) in [5.41, 5.74) is 2.64. The number of hydrogen-bond acceptors (Lipinski definition) is 3. The number of nitrogens with zero attached hydrogens (tertiary/aromatic N) is 3. The monoisotopic (exact) mass is 393 g/mol. The van der Waals surface area contributed by atoms with Crippen LogP contribution >= 0.6 is 0 Å². The van der Waals surface area contributed by atoms with Gasteiger partial charge in [0.25, 0.3) is 0 Å². The molecule has 1 aromatic carbocycles. The predicted octanol–water partition coefficient (Wildman–Crippen LogP) is 2.91. The van der Waals surface area contributed by atoms with Crippen molar-refractivity contribution < 1.29 is 13.2 Å². The molecule has 0 spiro atoms. The van der Waals surface area contributed by atoms with Crippen molar-refractivity contribution in [3.05, 3.63) is 28.8 Å². The average molecular weight is 394 g/mol. The highest BCUT2D eigenvalue weighted by molar-refractivity contribution is 7.89. The van der Waals surface area contributed by atoms with Gasteiger partial charge in [-0.05, 0) is 44.7 Å². The molecular weight excluding hydrogens is 362 g/mol. The van der Waals surface area contributed by atoms with E-state index in [9.17, 15) is 13.2 Å². The number of carbonyl (C=O) groups is 1. The van der Waals surface area contributed by atoms with Gasteiger partial charge in [-0.2, -0.15) is 4.31 Å². The first-order valence-electron chi connectivity index (χ1n) is 9.92. The lowest BCUT2D eigenvalue weighted by Crippen LogP contribution is -2.54. The van der Waals surface area contributed by atoms with Crippen molar-refractivity contribution in [3.8, 4) is 0 Å². The zero-order chi connectivity index (χ0) is 19.6.